The highest BCUT2D eigenvalue weighted by atomic mass is 32.2. The largest absolute Gasteiger partial charge is 0.379 e. The zero-order valence-corrected chi connectivity index (χ0v) is 23.2. The Labute approximate surface area is 238 Å². The predicted octanol–water partition coefficient (Wildman–Crippen LogP) is 2.86. The SMILES string of the molecule is NC(N)=NC(=O)c1ccc(CSc2ccc(-c3nc4ccc([N+](=O)[O-])cc4[nH]3)cc2)c(S(=O)(=O)N2CCOCC2)c1. The number of aliphatic imine (C=N–C) groups is 1. The molecule has 0 spiro atoms. The van der Waals surface area contributed by atoms with Crippen LogP contribution in [-0.2, 0) is 20.5 Å². The number of non-ortho nitro benzene ring substituents is 1. The molecule has 1 aliphatic rings. The molecule has 15 heteroatoms. The maximum Gasteiger partial charge on any atom is 0.280 e. The van der Waals surface area contributed by atoms with Gasteiger partial charge in [0.05, 0.1) is 34.1 Å². The van der Waals surface area contributed by atoms with Gasteiger partial charge in [-0.3, -0.25) is 14.9 Å². The number of benzene rings is 3. The van der Waals surface area contributed by atoms with Crippen LogP contribution in [0.15, 0.2) is 75.4 Å². The Hall–Kier alpha value is -4.31. The van der Waals surface area contributed by atoms with Crippen molar-refractivity contribution in [2.24, 2.45) is 16.5 Å². The second kappa shape index (κ2) is 11.7. The normalized spacial score (nSPS) is 14.1. The van der Waals surface area contributed by atoms with E-state index in [2.05, 4.69) is 15.0 Å². The summed E-state index contributed by atoms with van der Waals surface area (Å²) in [4.78, 5) is 35.1. The molecule has 1 saturated heterocycles. The molecule has 0 aliphatic carbocycles. The number of nitro groups is 1. The van der Waals surface area contributed by atoms with E-state index in [4.69, 9.17) is 16.2 Å². The number of imidazole rings is 1. The van der Waals surface area contributed by atoms with Gasteiger partial charge in [0, 0.05) is 47.0 Å². The van der Waals surface area contributed by atoms with Crippen LogP contribution in [0.1, 0.15) is 15.9 Å². The first-order valence-corrected chi connectivity index (χ1v) is 14.8. The molecule has 41 heavy (non-hydrogen) atoms. The molecule has 5 rings (SSSR count). The number of guanidine groups is 1. The molecule has 1 aliphatic heterocycles. The average Bonchev–Trinajstić information content (AvgIpc) is 3.40. The number of ether oxygens (including phenoxy) is 1. The van der Waals surface area contributed by atoms with Gasteiger partial charge in [-0.25, -0.2) is 13.4 Å². The smallest absolute Gasteiger partial charge is 0.280 e. The van der Waals surface area contributed by atoms with Crippen LogP contribution in [0.5, 0.6) is 0 Å². The number of nitrogens with two attached hydrogens (primary N) is 2. The summed E-state index contributed by atoms with van der Waals surface area (Å²) in [7, 11) is -3.92. The van der Waals surface area contributed by atoms with Gasteiger partial charge in [-0.05, 0) is 35.9 Å². The Morgan fingerprint density at radius 3 is 2.51 bits per heavy atom. The number of sulfonamides is 1. The fourth-order valence-electron chi connectivity index (χ4n) is 4.27. The summed E-state index contributed by atoms with van der Waals surface area (Å²) in [5.41, 5.74) is 13.2. The first kappa shape index (κ1) is 28.2. The molecule has 1 aromatic heterocycles. The van der Waals surface area contributed by atoms with Crippen LogP contribution in [-0.4, -0.2) is 65.8 Å². The molecule has 5 N–H and O–H groups in total. The van der Waals surface area contributed by atoms with Gasteiger partial charge in [0.15, 0.2) is 5.96 Å². The van der Waals surface area contributed by atoms with E-state index in [0.29, 0.717) is 28.2 Å². The molecule has 0 bridgehead atoms. The Balaban J connectivity index is 1.38. The second-order valence-electron chi connectivity index (χ2n) is 9.04. The van der Waals surface area contributed by atoms with Crippen LogP contribution in [0.4, 0.5) is 5.69 Å². The number of amides is 1. The number of fused-ring (bicyclic) bond motifs is 1. The number of H-pyrrole nitrogens is 1. The summed E-state index contributed by atoms with van der Waals surface area (Å²) in [5, 5.41) is 11.1. The summed E-state index contributed by atoms with van der Waals surface area (Å²) in [6, 6.07) is 16.3. The van der Waals surface area contributed by atoms with Gasteiger partial charge in [-0.2, -0.15) is 9.30 Å². The van der Waals surface area contributed by atoms with E-state index < -0.39 is 26.8 Å². The maximum atomic E-state index is 13.6. The van der Waals surface area contributed by atoms with Gasteiger partial charge in [-0.15, -0.1) is 11.8 Å². The first-order valence-electron chi connectivity index (χ1n) is 12.3. The number of nitrogens with one attached hydrogen (secondary N) is 1. The van der Waals surface area contributed by atoms with Crippen LogP contribution in [0.2, 0.25) is 0 Å². The van der Waals surface area contributed by atoms with Gasteiger partial charge in [0.25, 0.3) is 11.6 Å². The van der Waals surface area contributed by atoms with Gasteiger partial charge in [0.2, 0.25) is 10.0 Å². The Morgan fingerprint density at radius 1 is 1.10 bits per heavy atom. The molecule has 0 saturated carbocycles. The molecular formula is C26H25N7O6S2. The summed E-state index contributed by atoms with van der Waals surface area (Å²) in [5.74, 6) is -0.279. The molecular weight excluding hydrogens is 570 g/mol. The summed E-state index contributed by atoms with van der Waals surface area (Å²) in [6.07, 6.45) is 0. The standard InChI is InChI=1S/C26H25N7O6S2/c27-26(28)31-25(34)17-1-2-18(23(13-17)41(37,38)32-9-11-39-12-10-32)15-40-20-6-3-16(4-7-20)24-29-21-8-5-19(33(35)36)14-22(21)30-24/h1-8,13-14H,9-12,15H2,(H,29,30)(H4,27,28,31,34). The van der Waals surface area contributed by atoms with E-state index in [9.17, 15) is 23.3 Å². The van der Waals surface area contributed by atoms with Gasteiger partial charge < -0.3 is 21.2 Å². The quantitative estimate of drug-likeness (QED) is 0.0894. The Kier molecular flexibility index (Phi) is 8.03. The Morgan fingerprint density at radius 2 is 1.83 bits per heavy atom. The van der Waals surface area contributed by atoms with E-state index >= 15 is 0 Å². The van der Waals surface area contributed by atoms with Crippen molar-refractivity contribution in [3.63, 3.8) is 0 Å². The highest BCUT2D eigenvalue weighted by Gasteiger charge is 2.29. The van der Waals surface area contributed by atoms with Crippen molar-refractivity contribution in [1.82, 2.24) is 14.3 Å². The van der Waals surface area contributed by atoms with Crippen LogP contribution in [0.25, 0.3) is 22.4 Å². The lowest BCUT2D eigenvalue weighted by molar-refractivity contribution is -0.384. The van der Waals surface area contributed by atoms with Crippen LogP contribution < -0.4 is 11.5 Å². The van der Waals surface area contributed by atoms with Gasteiger partial charge in [-0.1, -0.05) is 18.2 Å². The lowest BCUT2D eigenvalue weighted by atomic mass is 10.1. The summed E-state index contributed by atoms with van der Waals surface area (Å²) < 4.78 is 33.8. The minimum atomic E-state index is -3.92. The number of thioether (sulfide) groups is 1. The summed E-state index contributed by atoms with van der Waals surface area (Å²) in [6.45, 7) is 0.976. The number of carbonyl (C=O) groups is 1. The molecule has 0 atom stereocenters. The molecule has 3 aromatic carbocycles. The van der Waals surface area contributed by atoms with Gasteiger partial charge in [0.1, 0.15) is 5.82 Å². The van der Waals surface area contributed by atoms with Crippen molar-refractivity contribution in [3.8, 4) is 11.4 Å². The van der Waals surface area contributed by atoms with Crippen LogP contribution in [0.3, 0.4) is 0 Å². The van der Waals surface area contributed by atoms with E-state index in [1.807, 2.05) is 24.3 Å². The molecule has 2 heterocycles. The van der Waals surface area contributed by atoms with Crippen molar-refractivity contribution < 1.29 is 22.9 Å². The van der Waals surface area contributed by atoms with Crippen LogP contribution >= 0.6 is 11.8 Å². The number of nitro benzene ring substituents is 1. The fourth-order valence-corrected chi connectivity index (χ4v) is 6.92. The van der Waals surface area contributed by atoms with E-state index in [0.717, 1.165) is 10.5 Å². The molecule has 4 aromatic rings. The van der Waals surface area contributed by atoms with Gasteiger partial charge >= 0.3 is 0 Å². The number of nitrogens with zero attached hydrogens (tertiary/aromatic N) is 4. The minimum Gasteiger partial charge on any atom is -0.379 e. The van der Waals surface area contributed by atoms with Crippen molar-refractivity contribution in [2.75, 3.05) is 26.3 Å². The Bertz CT molecular complexity index is 1760. The van der Waals surface area contributed by atoms with Crippen molar-refractivity contribution in [2.45, 2.75) is 15.5 Å². The molecule has 0 radical (unpaired) electrons. The highest BCUT2D eigenvalue weighted by molar-refractivity contribution is 7.98. The number of aromatic nitrogens is 2. The number of carbonyl (C=O) groups excluding carboxylic acids is 1. The lowest BCUT2D eigenvalue weighted by Gasteiger charge is -2.27. The van der Waals surface area contributed by atoms with Crippen LogP contribution in [0, 0.1) is 10.1 Å². The number of morpholine rings is 1. The number of hydrogen-bond donors (Lipinski definition) is 3. The monoisotopic (exact) mass is 595 g/mol. The zero-order valence-electron chi connectivity index (χ0n) is 21.5. The average molecular weight is 596 g/mol. The first-order chi connectivity index (χ1) is 19.6. The third-order valence-corrected chi connectivity index (χ3v) is 9.37. The summed E-state index contributed by atoms with van der Waals surface area (Å²) >= 11 is 1.42. The van der Waals surface area contributed by atoms with Crippen molar-refractivity contribution in [1.29, 1.82) is 0 Å². The van der Waals surface area contributed by atoms with Crippen molar-refractivity contribution >= 4 is 50.4 Å². The molecule has 13 nitrogen and oxygen atoms in total. The van der Waals surface area contributed by atoms with Crippen molar-refractivity contribution in [3.05, 3.63) is 81.9 Å². The van der Waals surface area contributed by atoms with E-state index in [-0.39, 0.29) is 42.4 Å². The predicted molar refractivity (Wildman–Crippen MR) is 154 cm³/mol. The maximum absolute atomic E-state index is 13.6. The van der Waals surface area contributed by atoms with E-state index in [1.54, 1.807) is 12.1 Å². The molecule has 212 valence electrons. The molecule has 1 amide bonds. The topological polar surface area (TPSA) is 200 Å². The number of rotatable bonds is 8. The third kappa shape index (κ3) is 6.22. The molecule has 0 unspecified atom stereocenters. The highest BCUT2D eigenvalue weighted by Crippen LogP contribution is 2.31. The zero-order chi connectivity index (χ0) is 29.1. The number of aromatic amines is 1. The minimum absolute atomic E-state index is 0.0107. The lowest BCUT2D eigenvalue weighted by Crippen LogP contribution is -2.41. The number of hydrogen-bond acceptors (Lipinski definition) is 8. The van der Waals surface area contributed by atoms with E-state index in [1.165, 1.54) is 40.3 Å². The molecule has 1 fully saturated rings. The second-order valence-corrected chi connectivity index (χ2v) is 12.0. The fraction of sp³-hybridized carbons (Fsp3) is 0.192. The third-order valence-electron chi connectivity index (χ3n) is 6.33.